The Morgan fingerprint density at radius 3 is 2.21 bits per heavy atom. The van der Waals surface area contributed by atoms with Crippen molar-refractivity contribution in [2.45, 2.75) is 18.7 Å². The summed E-state index contributed by atoms with van der Waals surface area (Å²) in [6.07, 6.45) is 0. The lowest BCUT2D eigenvalue weighted by molar-refractivity contribution is 0.473. The molecule has 0 aliphatic heterocycles. The van der Waals surface area contributed by atoms with Gasteiger partial charge in [-0.25, -0.2) is 0 Å². The summed E-state index contributed by atoms with van der Waals surface area (Å²) < 4.78 is 29.2. The van der Waals surface area contributed by atoms with Crippen LogP contribution >= 0.6 is 0 Å². The average molecular weight is 278 g/mol. The Kier molecular flexibility index (Phi) is 3.48. The van der Waals surface area contributed by atoms with E-state index in [1.165, 1.54) is 24.3 Å². The summed E-state index contributed by atoms with van der Waals surface area (Å²) in [5.41, 5.74) is 1.79. The molecule has 2 rings (SSSR count). The van der Waals surface area contributed by atoms with E-state index in [0.717, 1.165) is 11.1 Å². The lowest BCUT2D eigenvalue weighted by Gasteiger charge is -2.10. The monoisotopic (exact) mass is 278 g/mol. The highest BCUT2D eigenvalue weighted by Crippen LogP contribution is 2.24. The van der Waals surface area contributed by atoms with Gasteiger partial charge in [0.2, 0.25) is 0 Å². The van der Waals surface area contributed by atoms with Crippen molar-refractivity contribution < 1.29 is 17.7 Å². The maximum atomic E-state index is 12.0. The molecule has 0 atom stereocenters. The third kappa shape index (κ3) is 3.06. The van der Waals surface area contributed by atoms with E-state index in [1.807, 2.05) is 13.0 Å². The molecule has 5 heteroatoms. The lowest BCUT2D eigenvalue weighted by Crippen LogP contribution is -2.10. The smallest absolute Gasteiger partial charge is 0.339 e. The minimum absolute atomic E-state index is 0.00488. The molecule has 100 valence electrons. The topological polar surface area (TPSA) is 63.6 Å². The van der Waals surface area contributed by atoms with Crippen molar-refractivity contribution >= 4 is 10.1 Å². The highest BCUT2D eigenvalue weighted by molar-refractivity contribution is 7.87. The zero-order valence-corrected chi connectivity index (χ0v) is 11.4. The van der Waals surface area contributed by atoms with E-state index in [0.29, 0.717) is 5.75 Å². The molecule has 2 aromatic rings. The van der Waals surface area contributed by atoms with Gasteiger partial charge in [-0.2, -0.15) is 8.42 Å². The van der Waals surface area contributed by atoms with Crippen molar-refractivity contribution in [1.82, 2.24) is 0 Å². The van der Waals surface area contributed by atoms with Gasteiger partial charge in [0.15, 0.2) is 0 Å². The molecule has 0 saturated heterocycles. The van der Waals surface area contributed by atoms with E-state index in [9.17, 15) is 8.42 Å². The van der Waals surface area contributed by atoms with Gasteiger partial charge in [-0.1, -0.05) is 17.7 Å². The van der Waals surface area contributed by atoms with Gasteiger partial charge < -0.3 is 9.29 Å². The van der Waals surface area contributed by atoms with Gasteiger partial charge in [0.05, 0.1) is 0 Å². The van der Waals surface area contributed by atoms with Crippen LogP contribution in [0.2, 0.25) is 0 Å². The quantitative estimate of drug-likeness (QED) is 0.877. The van der Waals surface area contributed by atoms with Crippen LogP contribution in [0.4, 0.5) is 0 Å². The maximum Gasteiger partial charge on any atom is 0.339 e. The van der Waals surface area contributed by atoms with Crippen molar-refractivity contribution in [1.29, 1.82) is 0 Å². The third-order valence-corrected chi connectivity index (χ3v) is 3.90. The fourth-order valence-electron chi connectivity index (χ4n) is 1.67. The molecule has 0 aromatic heterocycles. The number of rotatable bonds is 3. The molecular formula is C14H14O4S. The second kappa shape index (κ2) is 4.93. The van der Waals surface area contributed by atoms with Crippen LogP contribution in [0, 0.1) is 13.8 Å². The van der Waals surface area contributed by atoms with E-state index < -0.39 is 10.1 Å². The summed E-state index contributed by atoms with van der Waals surface area (Å²) in [5.74, 6) is 0.309. The molecular weight excluding hydrogens is 264 g/mol. The number of hydrogen-bond acceptors (Lipinski definition) is 4. The summed E-state index contributed by atoms with van der Waals surface area (Å²) in [7, 11) is -3.88. The van der Waals surface area contributed by atoms with Crippen molar-refractivity contribution in [3.05, 3.63) is 53.6 Å². The Labute approximate surface area is 112 Å². The Morgan fingerprint density at radius 2 is 1.63 bits per heavy atom. The molecule has 0 radical (unpaired) electrons. The fourth-order valence-corrected chi connectivity index (χ4v) is 2.66. The molecule has 1 N–H and O–H groups in total. The van der Waals surface area contributed by atoms with Gasteiger partial charge in [-0.3, -0.25) is 0 Å². The van der Waals surface area contributed by atoms with E-state index >= 15 is 0 Å². The molecule has 0 bridgehead atoms. The van der Waals surface area contributed by atoms with Gasteiger partial charge in [-0.05, 0) is 49.7 Å². The number of aryl methyl sites for hydroxylation is 2. The summed E-state index contributed by atoms with van der Waals surface area (Å²) in [5, 5.41) is 9.15. The van der Waals surface area contributed by atoms with E-state index in [1.54, 1.807) is 19.1 Å². The molecule has 0 amide bonds. The standard InChI is InChI=1S/C14H14O4S/c1-10-3-8-14(11(2)9-10)18-19(16,17)13-6-4-12(15)5-7-13/h3-9,15H,1-2H3. The molecule has 0 aliphatic carbocycles. The minimum Gasteiger partial charge on any atom is -0.508 e. The SMILES string of the molecule is Cc1ccc(OS(=O)(=O)c2ccc(O)cc2)c(C)c1. The molecule has 0 aliphatic rings. The largest absolute Gasteiger partial charge is 0.508 e. The number of hydrogen-bond donors (Lipinski definition) is 1. The molecule has 19 heavy (non-hydrogen) atoms. The molecule has 0 unspecified atom stereocenters. The van der Waals surface area contributed by atoms with E-state index in [-0.39, 0.29) is 10.6 Å². The molecule has 4 nitrogen and oxygen atoms in total. The van der Waals surface area contributed by atoms with Crippen molar-refractivity contribution in [2.75, 3.05) is 0 Å². The highest BCUT2D eigenvalue weighted by atomic mass is 32.2. The summed E-state index contributed by atoms with van der Waals surface area (Å²) >= 11 is 0. The van der Waals surface area contributed by atoms with Gasteiger partial charge >= 0.3 is 10.1 Å². The fraction of sp³-hybridized carbons (Fsp3) is 0.143. The highest BCUT2D eigenvalue weighted by Gasteiger charge is 2.17. The van der Waals surface area contributed by atoms with Crippen LogP contribution in [0.15, 0.2) is 47.4 Å². The van der Waals surface area contributed by atoms with Crippen LogP contribution in [0.1, 0.15) is 11.1 Å². The first-order valence-corrected chi connectivity index (χ1v) is 7.10. The van der Waals surface area contributed by atoms with Gasteiger partial charge in [0.25, 0.3) is 0 Å². The zero-order valence-electron chi connectivity index (χ0n) is 10.6. The number of phenolic OH excluding ortho intramolecular Hbond substituents is 1. The first-order valence-electron chi connectivity index (χ1n) is 5.69. The van der Waals surface area contributed by atoms with Gasteiger partial charge in [-0.15, -0.1) is 0 Å². The predicted molar refractivity (Wildman–Crippen MR) is 71.8 cm³/mol. The lowest BCUT2D eigenvalue weighted by atomic mass is 10.1. The Morgan fingerprint density at radius 1 is 1.00 bits per heavy atom. The van der Waals surface area contributed by atoms with Crippen LogP contribution in [0.25, 0.3) is 0 Å². The Balaban J connectivity index is 2.33. The van der Waals surface area contributed by atoms with E-state index in [2.05, 4.69) is 0 Å². The molecule has 0 heterocycles. The van der Waals surface area contributed by atoms with E-state index in [4.69, 9.17) is 9.29 Å². The first kappa shape index (κ1) is 13.4. The predicted octanol–water partition coefficient (Wildman–Crippen LogP) is 2.78. The number of benzene rings is 2. The molecule has 0 spiro atoms. The second-order valence-corrected chi connectivity index (χ2v) is 5.85. The van der Waals surface area contributed by atoms with Crippen LogP contribution < -0.4 is 4.18 Å². The number of aromatic hydroxyl groups is 1. The van der Waals surface area contributed by atoms with Crippen LogP contribution in [0.3, 0.4) is 0 Å². The molecule has 0 fully saturated rings. The summed E-state index contributed by atoms with van der Waals surface area (Å²) in [6, 6.07) is 10.5. The third-order valence-electron chi connectivity index (χ3n) is 2.66. The average Bonchev–Trinajstić information content (AvgIpc) is 2.33. The Hall–Kier alpha value is -2.01. The minimum atomic E-state index is -3.88. The molecule has 0 saturated carbocycles. The molecule has 2 aromatic carbocycles. The summed E-state index contributed by atoms with van der Waals surface area (Å²) in [6.45, 7) is 3.71. The first-order chi connectivity index (χ1) is 8.88. The van der Waals surface area contributed by atoms with Crippen molar-refractivity contribution in [3.8, 4) is 11.5 Å². The zero-order chi connectivity index (χ0) is 14.0. The second-order valence-electron chi connectivity index (χ2n) is 4.30. The normalized spacial score (nSPS) is 11.3. The number of phenols is 1. The van der Waals surface area contributed by atoms with Crippen molar-refractivity contribution in [3.63, 3.8) is 0 Å². The Bertz CT molecular complexity index is 688. The van der Waals surface area contributed by atoms with Gasteiger partial charge in [0, 0.05) is 0 Å². The maximum absolute atomic E-state index is 12.0. The van der Waals surface area contributed by atoms with Gasteiger partial charge in [0.1, 0.15) is 16.4 Å². The van der Waals surface area contributed by atoms with Crippen molar-refractivity contribution in [2.24, 2.45) is 0 Å². The van der Waals surface area contributed by atoms with Crippen LogP contribution in [-0.2, 0) is 10.1 Å². The van der Waals surface area contributed by atoms with Crippen LogP contribution in [-0.4, -0.2) is 13.5 Å². The summed E-state index contributed by atoms with van der Waals surface area (Å²) in [4.78, 5) is 0.00488. The van der Waals surface area contributed by atoms with Crippen LogP contribution in [0.5, 0.6) is 11.5 Å².